The highest BCUT2D eigenvalue weighted by Crippen LogP contribution is 2.51. The molecule has 0 aromatic heterocycles. The molecule has 0 saturated carbocycles. The molecule has 0 saturated heterocycles. The fourth-order valence-corrected chi connectivity index (χ4v) is 4.93. The van der Waals surface area contributed by atoms with Gasteiger partial charge >= 0.3 is 6.18 Å². The molecule has 2 aliphatic rings. The second-order valence-corrected chi connectivity index (χ2v) is 10.6. The van der Waals surface area contributed by atoms with Gasteiger partial charge in [-0.3, -0.25) is 14.4 Å². The van der Waals surface area contributed by atoms with Gasteiger partial charge in [-0.1, -0.05) is 26.0 Å². The van der Waals surface area contributed by atoms with Crippen LogP contribution in [0.3, 0.4) is 0 Å². The number of allylic oxidation sites excluding steroid dienone is 1. The number of nitrogens with two attached hydrogens (primary N) is 1. The van der Waals surface area contributed by atoms with Crippen LogP contribution in [0, 0.1) is 5.41 Å². The van der Waals surface area contributed by atoms with Crippen molar-refractivity contribution in [2.45, 2.75) is 56.6 Å². The lowest BCUT2D eigenvalue weighted by molar-refractivity contribution is -0.194. The van der Waals surface area contributed by atoms with Crippen molar-refractivity contribution < 1.29 is 36.0 Å². The molecule has 1 atom stereocenters. The van der Waals surface area contributed by atoms with Crippen LogP contribution in [0.15, 0.2) is 40.4 Å². The molecule has 1 unspecified atom stereocenters. The lowest BCUT2D eigenvalue weighted by Crippen LogP contribution is -2.66. The third-order valence-corrected chi connectivity index (χ3v) is 6.71. The van der Waals surface area contributed by atoms with Gasteiger partial charge < -0.3 is 10.2 Å². The van der Waals surface area contributed by atoms with E-state index in [0.717, 1.165) is 11.8 Å². The van der Waals surface area contributed by atoms with Crippen molar-refractivity contribution in [3.8, 4) is 0 Å². The van der Waals surface area contributed by atoms with E-state index in [4.69, 9.17) is 5.14 Å². The van der Waals surface area contributed by atoms with E-state index in [9.17, 15) is 36.0 Å². The first kappa shape index (κ1) is 24.9. The molecule has 1 aliphatic carbocycles. The molecule has 3 rings (SSSR count). The maximum absolute atomic E-state index is 14.3. The number of benzene rings is 1. The number of amides is 2. The number of hydrogen-bond acceptors (Lipinski definition) is 5. The SMILES string of the molecule is CC(=O)NC1(C(F)(F)F)C(=O)N(CCc2ccc(S(N)(=O)=O)cc2)C2=C1C(=O)CC(C)(C)C2. The summed E-state index contributed by atoms with van der Waals surface area (Å²) in [6.07, 6.45) is -5.31. The van der Waals surface area contributed by atoms with Gasteiger partial charge in [-0.05, 0) is 36.0 Å². The number of Topliss-reactive ketones (excluding diaryl/α,β-unsaturated/α-hetero) is 1. The van der Waals surface area contributed by atoms with Gasteiger partial charge in [-0.15, -0.1) is 0 Å². The van der Waals surface area contributed by atoms with E-state index in [2.05, 4.69) is 0 Å². The number of rotatable bonds is 5. The summed E-state index contributed by atoms with van der Waals surface area (Å²) in [4.78, 5) is 38.6. The van der Waals surface area contributed by atoms with Crippen molar-refractivity contribution in [3.05, 3.63) is 41.1 Å². The Labute approximate surface area is 189 Å². The van der Waals surface area contributed by atoms with Crippen LogP contribution < -0.4 is 10.5 Å². The van der Waals surface area contributed by atoms with Gasteiger partial charge in [0.1, 0.15) is 0 Å². The summed E-state index contributed by atoms with van der Waals surface area (Å²) in [7, 11) is -3.91. The lowest BCUT2D eigenvalue weighted by atomic mass is 9.72. The molecular weight excluding hydrogens is 463 g/mol. The average Bonchev–Trinajstić information content (AvgIpc) is 2.86. The Balaban J connectivity index is 2.04. The van der Waals surface area contributed by atoms with Crippen LogP contribution in [0.4, 0.5) is 13.2 Å². The van der Waals surface area contributed by atoms with E-state index in [1.54, 1.807) is 19.2 Å². The third kappa shape index (κ3) is 4.41. The highest BCUT2D eigenvalue weighted by molar-refractivity contribution is 7.89. The number of hydrogen-bond donors (Lipinski definition) is 2. The molecular formula is C21H24F3N3O5S. The zero-order valence-corrected chi connectivity index (χ0v) is 19.1. The Kier molecular flexibility index (Phi) is 5.99. The van der Waals surface area contributed by atoms with E-state index in [1.165, 1.54) is 24.3 Å². The topological polar surface area (TPSA) is 127 Å². The van der Waals surface area contributed by atoms with Crippen LogP contribution >= 0.6 is 0 Å². The van der Waals surface area contributed by atoms with Gasteiger partial charge in [-0.2, -0.15) is 13.2 Å². The quantitative estimate of drug-likeness (QED) is 0.655. The van der Waals surface area contributed by atoms with Crippen molar-refractivity contribution in [2.75, 3.05) is 6.54 Å². The predicted octanol–water partition coefficient (Wildman–Crippen LogP) is 1.80. The molecule has 0 fully saturated rings. The predicted molar refractivity (Wildman–Crippen MR) is 111 cm³/mol. The summed E-state index contributed by atoms with van der Waals surface area (Å²) in [6.45, 7) is 4.09. The Hall–Kier alpha value is -2.73. The first-order valence-electron chi connectivity index (χ1n) is 10.1. The van der Waals surface area contributed by atoms with Crippen LogP contribution in [0.1, 0.15) is 39.2 Å². The van der Waals surface area contributed by atoms with Crippen molar-refractivity contribution in [1.82, 2.24) is 10.2 Å². The minimum Gasteiger partial charge on any atom is -0.331 e. The van der Waals surface area contributed by atoms with Crippen molar-refractivity contribution in [3.63, 3.8) is 0 Å². The largest absolute Gasteiger partial charge is 0.425 e. The number of carbonyl (C=O) groups excluding carboxylic acids is 3. The van der Waals surface area contributed by atoms with Crippen LogP contribution in [-0.2, 0) is 30.8 Å². The third-order valence-electron chi connectivity index (χ3n) is 5.78. The first-order valence-corrected chi connectivity index (χ1v) is 11.6. The van der Waals surface area contributed by atoms with Crippen molar-refractivity contribution in [2.24, 2.45) is 10.6 Å². The summed E-state index contributed by atoms with van der Waals surface area (Å²) < 4.78 is 65.8. The number of sulfonamides is 1. The van der Waals surface area contributed by atoms with E-state index < -0.39 is 50.3 Å². The second-order valence-electron chi connectivity index (χ2n) is 9.09. The molecule has 3 N–H and O–H groups in total. The summed E-state index contributed by atoms with van der Waals surface area (Å²) in [5.74, 6) is -3.35. The number of ketones is 1. The van der Waals surface area contributed by atoms with E-state index in [0.29, 0.717) is 5.56 Å². The van der Waals surface area contributed by atoms with Gasteiger partial charge in [0.25, 0.3) is 5.91 Å². The molecule has 33 heavy (non-hydrogen) atoms. The average molecular weight is 488 g/mol. The van der Waals surface area contributed by atoms with E-state index >= 15 is 0 Å². The molecule has 0 bridgehead atoms. The molecule has 1 heterocycles. The van der Waals surface area contributed by atoms with Crippen LogP contribution in [-0.4, -0.2) is 49.2 Å². The molecule has 0 radical (unpaired) electrons. The molecule has 1 aromatic rings. The summed E-state index contributed by atoms with van der Waals surface area (Å²) in [5, 5.41) is 6.80. The molecule has 12 heteroatoms. The Bertz CT molecular complexity index is 1160. The molecule has 2 amide bonds. The van der Waals surface area contributed by atoms with Gasteiger partial charge in [0.2, 0.25) is 21.5 Å². The van der Waals surface area contributed by atoms with Gasteiger partial charge in [0, 0.05) is 25.6 Å². The first-order chi connectivity index (χ1) is 15.0. The zero-order valence-electron chi connectivity index (χ0n) is 18.2. The number of nitrogens with one attached hydrogen (secondary N) is 1. The van der Waals surface area contributed by atoms with Crippen molar-refractivity contribution >= 4 is 27.6 Å². The fraction of sp³-hybridized carbons (Fsp3) is 0.476. The Morgan fingerprint density at radius 1 is 1.15 bits per heavy atom. The summed E-state index contributed by atoms with van der Waals surface area (Å²) in [6, 6.07) is 5.39. The number of nitrogens with zero attached hydrogens (tertiary/aromatic N) is 1. The summed E-state index contributed by atoms with van der Waals surface area (Å²) >= 11 is 0. The zero-order chi connectivity index (χ0) is 25.0. The van der Waals surface area contributed by atoms with Crippen LogP contribution in [0.2, 0.25) is 0 Å². The number of alkyl halides is 3. The van der Waals surface area contributed by atoms with Crippen LogP contribution in [0.5, 0.6) is 0 Å². The maximum atomic E-state index is 14.3. The second kappa shape index (κ2) is 7.94. The van der Waals surface area contributed by atoms with E-state index in [-0.39, 0.29) is 36.4 Å². The molecule has 180 valence electrons. The smallest absolute Gasteiger partial charge is 0.331 e. The Morgan fingerprint density at radius 3 is 2.21 bits per heavy atom. The minimum atomic E-state index is -5.24. The normalized spacial score (nSPS) is 23.1. The van der Waals surface area contributed by atoms with E-state index in [1.807, 2.05) is 0 Å². The van der Waals surface area contributed by atoms with Gasteiger partial charge in [0.15, 0.2) is 5.78 Å². The van der Waals surface area contributed by atoms with Gasteiger partial charge in [0.05, 0.1) is 10.5 Å². The molecule has 0 spiro atoms. The monoisotopic (exact) mass is 487 g/mol. The lowest BCUT2D eigenvalue weighted by Gasteiger charge is -2.35. The molecule has 1 aromatic carbocycles. The number of halogens is 3. The maximum Gasteiger partial charge on any atom is 0.425 e. The number of primary sulfonamides is 1. The molecule has 1 aliphatic heterocycles. The number of carbonyl (C=O) groups is 3. The standard InChI is InChI=1S/C21H24F3N3O5S/c1-12(28)26-20(21(22,23)24)17-15(10-19(2,3)11-16(17)29)27(18(20)30)9-8-13-4-6-14(7-5-13)33(25,31)32/h4-7H,8-11H2,1-3H3,(H,26,28)(H2,25,31,32). The van der Waals surface area contributed by atoms with Gasteiger partial charge in [-0.25, -0.2) is 13.6 Å². The minimum absolute atomic E-state index is 0.0432. The van der Waals surface area contributed by atoms with Crippen LogP contribution in [0.25, 0.3) is 0 Å². The highest BCUT2D eigenvalue weighted by Gasteiger charge is 2.71. The highest BCUT2D eigenvalue weighted by atomic mass is 32.2. The Morgan fingerprint density at radius 2 is 1.73 bits per heavy atom. The summed E-state index contributed by atoms with van der Waals surface area (Å²) in [5.41, 5.74) is -4.33. The van der Waals surface area contributed by atoms with Crippen molar-refractivity contribution in [1.29, 1.82) is 0 Å². The fourth-order valence-electron chi connectivity index (χ4n) is 4.41. The molecule has 8 nitrogen and oxygen atoms in total.